The molecule has 0 saturated heterocycles. The van der Waals surface area contributed by atoms with Gasteiger partial charge < -0.3 is 5.11 Å². The molecule has 0 heterocycles. The summed E-state index contributed by atoms with van der Waals surface area (Å²) in [6.45, 7) is 3.52. The van der Waals surface area contributed by atoms with E-state index in [0.29, 0.717) is 6.42 Å². The first-order chi connectivity index (χ1) is 8.31. The number of benzene rings is 1. The minimum absolute atomic E-state index is 0.00437. The van der Waals surface area contributed by atoms with Crippen LogP contribution in [-0.2, 0) is 17.1 Å². The van der Waals surface area contributed by atoms with Crippen LogP contribution in [0.3, 0.4) is 0 Å². The summed E-state index contributed by atoms with van der Waals surface area (Å²) < 4.78 is 27.5. The standard InChI is InChI=1S/C14H18F2O2/c1-10(2)9-14(15,16)12-6-3-11(4-7-12)5-8-13(17)18/h3-4,6-7,10H,5,8-9H2,1-2H3,(H,17,18). The second kappa shape index (κ2) is 5.94. The fraction of sp³-hybridized carbons (Fsp3) is 0.500. The van der Waals surface area contributed by atoms with Gasteiger partial charge in [0.25, 0.3) is 5.92 Å². The third-order valence-electron chi connectivity index (χ3n) is 2.67. The molecule has 1 N–H and O–H groups in total. The van der Waals surface area contributed by atoms with E-state index in [1.54, 1.807) is 26.0 Å². The Morgan fingerprint density at radius 3 is 2.28 bits per heavy atom. The van der Waals surface area contributed by atoms with Crippen LogP contribution in [0.4, 0.5) is 8.78 Å². The molecule has 0 bridgehead atoms. The van der Waals surface area contributed by atoms with Crippen molar-refractivity contribution in [1.29, 1.82) is 0 Å². The van der Waals surface area contributed by atoms with Gasteiger partial charge in [-0.15, -0.1) is 0 Å². The smallest absolute Gasteiger partial charge is 0.303 e. The van der Waals surface area contributed by atoms with Crippen LogP contribution in [0.15, 0.2) is 24.3 Å². The Labute approximate surface area is 106 Å². The van der Waals surface area contributed by atoms with Crippen molar-refractivity contribution in [3.63, 3.8) is 0 Å². The molecule has 0 fully saturated rings. The van der Waals surface area contributed by atoms with Gasteiger partial charge in [0.15, 0.2) is 0 Å². The van der Waals surface area contributed by atoms with Crippen molar-refractivity contribution < 1.29 is 18.7 Å². The zero-order chi connectivity index (χ0) is 13.8. The molecule has 0 atom stereocenters. The lowest BCUT2D eigenvalue weighted by molar-refractivity contribution is -0.136. The lowest BCUT2D eigenvalue weighted by atomic mass is 9.97. The number of carboxylic acid groups (broad SMARTS) is 1. The van der Waals surface area contributed by atoms with Gasteiger partial charge >= 0.3 is 5.97 Å². The van der Waals surface area contributed by atoms with Crippen molar-refractivity contribution in [1.82, 2.24) is 0 Å². The highest BCUT2D eigenvalue weighted by Crippen LogP contribution is 2.34. The average molecular weight is 256 g/mol. The predicted octanol–water partition coefficient (Wildman–Crippen LogP) is 3.84. The maximum Gasteiger partial charge on any atom is 0.303 e. The summed E-state index contributed by atoms with van der Waals surface area (Å²) in [6, 6.07) is 5.93. The summed E-state index contributed by atoms with van der Waals surface area (Å²) in [5, 5.41) is 8.54. The Hall–Kier alpha value is -1.45. The van der Waals surface area contributed by atoms with E-state index in [0.717, 1.165) is 5.56 Å². The summed E-state index contributed by atoms with van der Waals surface area (Å²) >= 11 is 0. The van der Waals surface area contributed by atoms with E-state index < -0.39 is 11.9 Å². The van der Waals surface area contributed by atoms with Crippen molar-refractivity contribution in [3.05, 3.63) is 35.4 Å². The van der Waals surface area contributed by atoms with Gasteiger partial charge in [0, 0.05) is 18.4 Å². The Morgan fingerprint density at radius 1 is 1.28 bits per heavy atom. The largest absolute Gasteiger partial charge is 0.481 e. The molecule has 0 amide bonds. The molecule has 1 aromatic carbocycles. The second-order valence-electron chi connectivity index (χ2n) is 4.89. The summed E-state index contributed by atoms with van der Waals surface area (Å²) in [5.41, 5.74) is 0.761. The monoisotopic (exact) mass is 256 g/mol. The van der Waals surface area contributed by atoms with Crippen molar-refractivity contribution in [2.45, 2.75) is 39.0 Å². The van der Waals surface area contributed by atoms with E-state index in [2.05, 4.69) is 0 Å². The SMILES string of the molecule is CC(C)CC(F)(F)c1ccc(CCC(=O)O)cc1. The highest BCUT2D eigenvalue weighted by Gasteiger charge is 2.31. The molecule has 0 saturated carbocycles. The minimum Gasteiger partial charge on any atom is -0.481 e. The van der Waals surface area contributed by atoms with Gasteiger partial charge in [-0.05, 0) is 17.9 Å². The summed E-state index contributed by atoms with van der Waals surface area (Å²) in [5.74, 6) is -3.78. The molecule has 0 radical (unpaired) electrons. The quantitative estimate of drug-likeness (QED) is 0.839. The van der Waals surface area contributed by atoms with Crippen molar-refractivity contribution >= 4 is 5.97 Å². The molecular formula is C14H18F2O2. The molecule has 0 aliphatic carbocycles. The highest BCUT2D eigenvalue weighted by molar-refractivity contribution is 5.67. The first-order valence-corrected chi connectivity index (χ1v) is 6.00. The zero-order valence-corrected chi connectivity index (χ0v) is 10.6. The number of carbonyl (C=O) groups is 1. The average Bonchev–Trinajstić information content (AvgIpc) is 2.25. The van der Waals surface area contributed by atoms with E-state index in [-0.39, 0.29) is 24.3 Å². The molecule has 0 aliphatic rings. The predicted molar refractivity (Wildman–Crippen MR) is 65.7 cm³/mol. The normalized spacial score (nSPS) is 11.8. The summed E-state index contributed by atoms with van der Waals surface area (Å²) in [7, 11) is 0. The Kier molecular flexibility index (Phi) is 4.82. The molecular weight excluding hydrogens is 238 g/mol. The topological polar surface area (TPSA) is 37.3 Å². The van der Waals surface area contributed by atoms with E-state index in [4.69, 9.17) is 5.11 Å². The van der Waals surface area contributed by atoms with Gasteiger partial charge in [-0.1, -0.05) is 38.1 Å². The number of aryl methyl sites for hydroxylation is 1. The van der Waals surface area contributed by atoms with Gasteiger partial charge in [-0.2, -0.15) is 0 Å². The van der Waals surface area contributed by atoms with Gasteiger partial charge in [0.2, 0.25) is 0 Å². The second-order valence-corrected chi connectivity index (χ2v) is 4.89. The lowest BCUT2D eigenvalue weighted by Crippen LogP contribution is -2.16. The van der Waals surface area contributed by atoms with Crippen LogP contribution in [-0.4, -0.2) is 11.1 Å². The number of aliphatic carboxylic acids is 1. The van der Waals surface area contributed by atoms with E-state index in [1.807, 2.05) is 0 Å². The molecule has 0 aliphatic heterocycles. The van der Waals surface area contributed by atoms with Gasteiger partial charge in [0.1, 0.15) is 0 Å². The number of hydrogen-bond donors (Lipinski definition) is 1. The number of alkyl halides is 2. The third kappa shape index (κ3) is 4.43. The molecule has 1 aromatic rings. The number of carboxylic acids is 1. The van der Waals surface area contributed by atoms with E-state index in [1.165, 1.54) is 12.1 Å². The molecule has 0 spiro atoms. The van der Waals surface area contributed by atoms with Crippen LogP contribution in [0.5, 0.6) is 0 Å². The fourth-order valence-electron chi connectivity index (χ4n) is 1.80. The third-order valence-corrected chi connectivity index (χ3v) is 2.67. The Bertz CT molecular complexity index is 397. The molecule has 2 nitrogen and oxygen atoms in total. The van der Waals surface area contributed by atoms with Crippen LogP contribution in [0.2, 0.25) is 0 Å². The molecule has 100 valence electrons. The Balaban J connectivity index is 2.72. The van der Waals surface area contributed by atoms with Crippen molar-refractivity contribution in [2.24, 2.45) is 5.92 Å². The van der Waals surface area contributed by atoms with E-state index in [9.17, 15) is 13.6 Å². The molecule has 4 heteroatoms. The number of halogens is 2. The fourth-order valence-corrected chi connectivity index (χ4v) is 1.80. The van der Waals surface area contributed by atoms with Crippen molar-refractivity contribution in [2.75, 3.05) is 0 Å². The highest BCUT2D eigenvalue weighted by atomic mass is 19.3. The number of hydrogen-bond acceptors (Lipinski definition) is 1. The first kappa shape index (κ1) is 14.6. The number of rotatable bonds is 6. The maximum absolute atomic E-state index is 13.8. The first-order valence-electron chi connectivity index (χ1n) is 6.00. The maximum atomic E-state index is 13.8. The van der Waals surface area contributed by atoms with Crippen LogP contribution >= 0.6 is 0 Å². The molecule has 18 heavy (non-hydrogen) atoms. The minimum atomic E-state index is -2.82. The van der Waals surface area contributed by atoms with Crippen LogP contribution in [0.1, 0.15) is 37.8 Å². The van der Waals surface area contributed by atoms with Gasteiger partial charge in [0.05, 0.1) is 0 Å². The Morgan fingerprint density at radius 2 is 1.83 bits per heavy atom. The van der Waals surface area contributed by atoms with Crippen LogP contribution < -0.4 is 0 Å². The lowest BCUT2D eigenvalue weighted by Gasteiger charge is -2.19. The summed E-state index contributed by atoms with van der Waals surface area (Å²) in [6.07, 6.45) is 0.203. The molecule has 0 unspecified atom stereocenters. The molecule has 0 aromatic heterocycles. The van der Waals surface area contributed by atoms with Crippen LogP contribution in [0, 0.1) is 5.92 Å². The van der Waals surface area contributed by atoms with Gasteiger partial charge in [-0.25, -0.2) is 8.78 Å². The zero-order valence-electron chi connectivity index (χ0n) is 10.6. The summed E-state index contributed by atoms with van der Waals surface area (Å²) in [4.78, 5) is 10.4. The van der Waals surface area contributed by atoms with Crippen molar-refractivity contribution in [3.8, 4) is 0 Å². The molecule has 1 rings (SSSR count). The van der Waals surface area contributed by atoms with Crippen LogP contribution in [0.25, 0.3) is 0 Å². The van der Waals surface area contributed by atoms with Gasteiger partial charge in [-0.3, -0.25) is 4.79 Å². The van der Waals surface area contributed by atoms with E-state index >= 15 is 0 Å².